The van der Waals surface area contributed by atoms with Gasteiger partial charge in [0.1, 0.15) is 0 Å². The Balaban J connectivity index is 2.03. The lowest BCUT2D eigenvalue weighted by Crippen LogP contribution is -2.39. The SMILES string of the molecule is Cc1ccc(/C=C/C(=O)N2CCOCC2)c(C)c1. The molecule has 0 bridgehead atoms. The Hall–Kier alpha value is -1.61. The van der Waals surface area contributed by atoms with Crippen molar-refractivity contribution in [2.24, 2.45) is 0 Å². The molecule has 0 atom stereocenters. The molecule has 0 aliphatic carbocycles. The fraction of sp³-hybridized carbons (Fsp3) is 0.400. The zero-order valence-corrected chi connectivity index (χ0v) is 11.0. The lowest BCUT2D eigenvalue weighted by atomic mass is 10.1. The minimum atomic E-state index is 0.0678. The Labute approximate surface area is 108 Å². The van der Waals surface area contributed by atoms with Gasteiger partial charge in [0.2, 0.25) is 5.91 Å². The molecule has 1 amide bonds. The molecule has 1 aromatic rings. The highest BCUT2D eigenvalue weighted by atomic mass is 16.5. The fourth-order valence-electron chi connectivity index (χ4n) is 2.06. The molecule has 1 aliphatic heterocycles. The molecule has 1 heterocycles. The number of carbonyl (C=O) groups excluding carboxylic acids is 1. The summed E-state index contributed by atoms with van der Waals surface area (Å²) in [6, 6.07) is 6.23. The van der Waals surface area contributed by atoms with Crippen LogP contribution in [0.1, 0.15) is 16.7 Å². The van der Waals surface area contributed by atoms with E-state index in [9.17, 15) is 4.79 Å². The molecule has 1 saturated heterocycles. The van der Waals surface area contributed by atoms with Gasteiger partial charge in [-0.1, -0.05) is 23.8 Å². The van der Waals surface area contributed by atoms with Crippen LogP contribution in [0.2, 0.25) is 0 Å². The van der Waals surface area contributed by atoms with E-state index in [1.807, 2.05) is 17.0 Å². The molecule has 0 spiro atoms. The standard InChI is InChI=1S/C15H19NO2/c1-12-3-4-14(13(2)11-12)5-6-15(17)16-7-9-18-10-8-16/h3-6,11H,7-10H2,1-2H3/b6-5+. The number of hydrogen-bond donors (Lipinski definition) is 0. The third-order valence-electron chi connectivity index (χ3n) is 3.15. The van der Waals surface area contributed by atoms with Crippen LogP contribution in [0.25, 0.3) is 6.08 Å². The number of benzene rings is 1. The molecule has 1 fully saturated rings. The van der Waals surface area contributed by atoms with E-state index in [0.717, 1.165) is 5.56 Å². The average Bonchev–Trinajstić information content (AvgIpc) is 2.38. The Kier molecular flexibility index (Phi) is 4.15. The van der Waals surface area contributed by atoms with Crippen LogP contribution in [0.4, 0.5) is 0 Å². The van der Waals surface area contributed by atoms with E-state index in [1.54, 1.807) is 6.08 Å². The fourth-order valence-corrected chi connectivity index (χ4v) is 2.06. The van der Waals surface area contributed by atoms with Gasteiger partial charge in [0, 0.05) is 19.2 Å². The number of amides is 1. The maximum Gasteiger partial charge on any atom is 0.246 e. The van der Waals surface area contributed by atoms with Crippen molar-refractivity contribution in [3.05, 3.63) is 41.0 Å². The summed E-state index contributed by atoms with van der Waals surface area (Å²) >= 11 is 0. The lowest BCUT2D eigenvalue weighted by molar-refractivity contribution is -0.129. The van der Waals surface area contributed by atoms with Gasteiger partial charge in [-0.25, -0.2) is 0 Å². The second-order valence-corrected chi connectivity index (χ2v) is 4.63. The van der Waals surface area contributed by atoms with Gasteiger partial charge >= 0.3 is 0 Å². The van der Waals surface area contributed by atoms with Crippen molar-refractivity contribution in [2.45, 2.75) is 13.8 Å². The normalized spacial score (nSPS) is 16.2. The molecule has 3 heteroatoms. The predicted octanol–water partition coefficient (Wildman–Crippen LogP) is 2.18. The lowest BCUT2D eigenvalue weighted by Gasteiger charge is -2.25. The van der Waals surface area contributed by atoms with E-state index >= 15 is 0 Å². The molecule has 3 nitrogen and oxygen atoms in total. The van der Waals surface area contributed by atoms with Crippen LogP contribution < -0.4 is 0 Å². The number of ether oxygens (including phenoxy) is 1. The summed E-state index contributed by atoms with van der Waals surface area (Å²) in [5.41, 5.74) is 3.53. The van der Waals surface area contributed by atoms with E-state index in [2.05, 4.69) is 26.0 Å². The predicted molar refractivity (Wildman–Crippen MR) is 72.3 cm³/mol. The monoisotopic (exact) mass is 245 g/mol. The summed E-state index contributed by atoms with van der Waals surface area (Å²) in [6.45, 7) is 6.80. The Morgan fingerprint density at radius 3 is 2.67 bits per heavy atom. The average molecular weight is 245 g/mol. The molecule has 0 aromatic heterocycles. The Morgan fingerprint density at radius 2 is 2.00 bits per heavy atom. The first-order chi connectivity index (χ1) is 8.66. The van der Waals surface area contributed by atoms with Crippen LogP contribution in [-0.4, -0.2) is 37.1 Å². The van der Waals surface area contributed by atoms with Crippen LogP contribution in [0, 0.1) is 13.8 Å². The summed E-state index contributed by atoms with van der Waals surface area (Å²) in [7, 11) is 0. The highest BCUT2D eigenvalue weighted by Gasteiger charge is 2.13. The molecular formula is C15H19NO2. The zero-order valence-electron chi connectivity index (χ0n) is 11.0. The van der Waals surface area contributed by atoms with Gasteiger partial charge in [0.15, 0.2) is 0 Å². The molecule has 18 heavy (non-hydrogen) atoms. The van der Waals surface area contributed by atoms with Gasteiger partial charge in [-0.15, -0.1) is 0 Å². The third kappa shape index (κ3) is 3.20. The highest BCUT2D eigenvalue weighted by Crippen LogP contribution is 2.12. The number of aryl methyl sites for hydroxylation is 2. The summed E-state index contributed by atoms with van der Waals surface area (Å²) in [5, 5.41) is 0. The second kappa shape index (κ2) is 5.83. The molecular weight excluding hydrogens is 226 g/mol. The van der Waals surface area contributed by atoms with Crippen molar-refractivity contribution >= 4 is 12.0 Å². The smallest absolute Gasteiger partial charge is 0.246 e. The number of rotatable bonds is 2. The Morgan fingerprint density at radius 1 is 1.28 bits per heavy atom. The number of carbonyl (C=O) groups is 1. The van der Waals surface area contributed by atoms with Gasteiger partial charge in [-0.05, 0) is 31.1 Å². The summed E-state index contributed by atoms with van der Waals surface area (Å²) in [6.07, 6.45) is 3.55. The van der Waals surface area contributed by atoms with Crippen LogP contribution >= 0.6 is 0 Å². The molecule has 1 aliphatic rings. The first-order valence-electron chi connectivity index (χ1n) is 6.29. The first-order valence-corrected chi connectivity index (χ1v) is 6.29. The van der Waals surface area contributed by atoms with Crippen LogP contribution in [0.3, 0.4) is 0 Å². The molecule has 0 N–H and O–H groups in total. The van der Waals surface area contributed by atoms with Crippen molar-refractivity contribution < 1.29 is 9.53 Å². The van der Waals surface area contributed by atoms with Crippen molar-refractivity contribution in [1.82, 2.24) is 4.90 Å². The van der Waals surface area contributed by atoms with Crippen molar-refractivity contribution in [3.8, 4) is 0 Å². The zero-order chi connectivity index (χ0) is 13.0. The van der Waals surface area contributed by atoms with Crippen molar-refractivity contribution in [3.63, 3.8) is 0 Å². The van der Waals surface area contributed by atoms with Crippen LogP contribution in [0.5, 0.6) is 0 Å². The van der Waals surface area contributed by atoms with Gasteiger partial charge < -0.3 is 9.64 Å². The van der Waals surface area contributed by atoms with Gasteiger partial charge in [0.05, 0.1) is 13.2 Å². The molecule has 1 aromatic carbocycles. The summed E-state index contributed by atoms with van der Waals surface area (Å²) in [5.74, 6) is 0.0678. The van der Waals surface area contributed by atoms with Crippen LogP contribution in [-0.2, 0) is 9.53 Å². The second-order valence-electron chi connectivity index (χ2n) is 4.63. The highest BCUT2D eigenvalue weighted by molar-refractivity contribution is 5.92. The molecule has 0 radical (unpaired) electrons. The topological polar surface area (TPSA) is 29.5 Å². The van der Waals surface area contributed by atoms with Crippen LogP contribution in [0.15, 0.2) is 24.3 Å². The molecule has 2 rings (SSSR count). The van der Waals surface area contributed by atoms with Gasteiger partial charge in [-0.2, -0.15) is 0 Å². The van der Waals surface area contributed by atoms with Crippen molar-refractivity contribution in [1.29, 1.82) is 0 Å². The number of nitrogens with zero attached hydrogens (tertiary/aromatic N) is 1. The number of hydrogen-bond acceptors (Lipinski definition) is 2. The van der Waals surface area contributed by atoms with Gasteiger partial charge in [0.25, 0.3) is 0 Å². The van der Waals surface area contributed by atoms with Crippen molar-refractivity contribution in [2.75, 3.05) is 26.3 Å². The largest absolute Gasteiger partial charge is 0.378 e. The Bertz CT molecular complexity index is 460. The minimum Gasteiger partial charge on any atom is -0.378 e. The number of morpholine rings is 1. The maximum absolute atomic E-state index is 11.9. The quantitative estimate of drug-likeness (QED) is 0.747. The first kappa shape index (κ1) is 12.8. The van der Waals surface area contributed by atoms with E-state index in [-0.39, 0.29) is 5.91 Å². The van der Waals surface area contributed by atoms with E-state index in [1.165, 1.54) is 11.1 Å². The van der Waals surface area contributed by atoms with E-state index in [0.29, 0.717) is 26.3 Å². The minimum absolute atomic E-state index is 0.0678. The molecule has 0 saturated carbocycles. The van der Waals surface area contributed by atoms with E-state index in [4.69, 9.17) is 4.74 Å². The third-order valence-corrected chi connectivity index (χ3v) is 3.15. The molecule has 96 valence electrons. The summed E-state index contributed by atoms with van der Waals surface area (Å²) < 4.78 is 5.23. The summed E-state index contributed by atoms with van der Waals surface area (Å²) in [4.78, 5) is 13.8. The maximum atomic E-state index is 11.9. The molecule has 0 unspecified atom stereocenters. The van der Waals surface area contributed by atoms with Gasteiger partial charge in [-0.3, -0.25) is 4.79 Å². The van der Waals surface area contributed by atoms with E-state index < -0.39 is 0 Å².